The van der Waals surface area contributed by atoms with Crippen LogP contribution >= 0.6 is 0 Å². The molecule has 0 aromatic carbocycles. The molecule has 0 aliphatic heterocycles. The van der Waals surface area contributed by atoms with Gasteiger partial charge in [0.15, 0.2) is 0 Å². The van der Waals surface area contributed by atoms with E-state index in [1.54, 1.807) is 0 Å². The van der Waals surface area contributed by atoms with Crippen molar-refractivity contribution in [1.82, 2.24) is 0 Å². The Labute approximate surface area is 149 Å². The molecule has 0 heterocycles. The fraction of sp³-hybridized carbons (Fsp3) is 0.882. The zero-order chi connectivity index (χ0) is 19.3. The van der Waals surface area contributed by atoms with Crippen LogP contribution < -0.4 is 11.5 Å². The van der Waals surface area contributed by atoms with Gasteiger partial charge in [0.2, 0.25) is 11.8 Å². The van der Waals surface area contributed by atoms with Crippen molar-refractivity contribution in [2.75, 3.05) is 26.4 Å². The molecule has 0 aromatic heterocycles. The highest BCUT2D eigenvalue weighted by atomic mass is 16.3. The van der Waals surface area contributed by atoms with E-state index >= 15 is 0 Å². The van der Waals surface area contributed by atoms with Crippen LogP contribution in [0.2, 0.25) is 0 Å². The van der Waals surface area contributed by atoms with Gasteiger partial charge in [-0.15, -0.1) is 0 Å². The molecule has 0 fully saturated rings. The first-order valence-corrected chi connectivity index (χ1v) is 8.87. The van der Waals surface area contributed by atoms with E-state index < -0.39 is 16.7 Å². The van der Waals surface area contributed by atoms with Crippen LogP contribution in [0.4, 0.5) is 0 Å². The highest BCUT2D eigenvalue weighted by Crippen LogP contribution is 2.53. The number of primary amides is 2. The van der Waals surface area contributed by atoms with E-state index in [9.17, 15) is 30.0 Å². The van der Waals surface area contributed by atoms with E-state index in [4.69, 9.17) is 11.5 Å². The largest absolute Gasteiger partial charge is 0.396 e. The van der Waals surface area contributed by atoms with Crippen LogP contribution in [-0.4, -0.2) is 58.7 Å². The first kappa shape index (κ1) is 23.8. The van der Waals surface area contributed by atoms with Gasteiger partial charge in [-0.1, -0.05) is 12.8 Å². The van der Waals surface area contributed by atoms with Crippen LogP contribution in [0.1, 0.15) is 57.8 Å². The molecule has 0 rings (SSSR count). The van der Waals surface area contributed by atoms with E-state index in [0.717, 1.165) is 0 Å². The average molecular weight is 362 g/mol. The Morgan fingerprint density at radius 2 is 1.16 bits per heavy atom. The second-order valence-corrected chi connectivity index (χ2v) is 6.65. The molecule has 0 atom stereocenters. The van der Waals surface area contributed by atoms with Gasteiger partial charge in [-0.05, 0) is 43.9 Å². The van der Waals surface area contributed by atoms with E-state index in [0.29, 0.717) is 25.7 Å². The minimum absolute atomic E-state index is 0.0597. The molecule has 0 spiro atoms. The van der Waals surface area contributed by atoms with Crippen LogP contribution in [0.5, 0.6) is 0 Å². The van der Waals surface area contributed by atoms with Crippen molar-refractivity contribution >= 4 is 11.8 Å². The van der Waals surface area contributed by atoms with E-state index in [-0.39, 0.29) is 64.4 Å². The van der Waals surface area contributed by atoms with Gasteiger partial charge in [0.1, 0.15) is 0 Å². The number of nitrogens with two attached hydrogens (primary N) is 2. The number of carbonyl (C=O) groups excluding carboxylic acids is 2. The lowest BCUT2D eigenvalue weighted by atomic mass is 9.54. The molecule has 0 saturated carbocycles. The van der Waals surface area contributed by atoms with Gasteiger partial charge < -0.3 is 31.9 Å². The normalized spacial score (nSPS) is 12.3. The third-order valence-corrected chi connectivity index (χ3v) is 5.32. The van der Waals surface area contributed by atoms with Crippen molar-refractivity contribution in [3.63, 3.8) is 0 Å². The summed E-state index contributed by atoms with van der Waals surface area (Å²) in [4.78, 5) is 23.2. The lowest BCUT2D eigenvalue weighted by Crippen LogP contribution is -2.53. The molecule has 8 N–H and O–H groups in total. The Balaban J connectivity index is 5.54. The minimum atomic E-state index is -1.22. The van der Waals surface area contributed by atoms with Crippen molar-refractivity contribution in [1.29, 1.82) is 0 Å². The molecule has 8 heteroatoms. The van der Waals surface area contributed by atoms with E-state index in [1.165, 1.54) is 0 Å². The van der Waals surface area contributed by atoms with Crippen LogP contribution in [0.3, 0.4) is 0 Å². The van der Waals surface area contributed by atoms with Crippen LogP contribution in [0.15, 0.2) is 0 Å². The topological polar surface area (TPSA) is 167 Å². The predicted octanol–water partition coefficient (Wildman–Crippen LogP) is -0.590. The van der Waals surface area contributed by atoms with Gasteiger partial charge in [-0.25, -0.2) is 0 Å². The third-order valence-electron chi connectivity index (χ3n) is 5.32. The quantitative estimate of drug-likeness (QED) is 0.201. The number of carbonyl (C=O) groups is 2. The van der Waals surface area contributed by atoms with Crippen LogP contribution in [-0.2, 0) is 9.59 Å². The number of hydrogen-bond donors (Lipinski definition) is 6. The maximum atomic E-state index is 12.4. The zero-order valence-electron chi connectivity index (χ0n) is 15.0. The monoisotopic (exact) mass is 362 g/mol. The summed E-state index contributed by atoms with van der Waals surface area (Å²) in [5, 5.41) is 38.1. The molecular formula is C17H34N2O6. The van der Waals surface area contributed by atoms with Crippen molar-refractivity contribution in [3.05, 3.63) is 0 Å². The van der Waals surface area contributed by atoms with E-state index in [1.807, 2.05) is 0 Å². The van der Waals surface area contributed by atoms with E-state index in [2.05, 4.69) is 0 Å². The Bertz CT molecular complexity index is 391. The Morgan fingerprint density at radius 1 is 0.680 bits per heavy atom. The summed E-state index contributed by atoms with van der Waals surface area (Å²) < 4.78 is 0. The molecule has 0 bridgehead atoms. The molecule has 148 valence electrons. The fourth-order valence-electron chi connectivity index (χ4n) is 4.01. The molecule has 8 nitrogen and oxygen atoms in total. The number of hydrogen-bond acceptors (Lipinski definition) is 6. The first-order chi connectivity index (χ1) is 11.9. The summed E-state index contributed by atoms with van der Waals surface area (Å²) in [5.74, 6) is -1.02. The van der Waals surface area contributed by atoms with Gasteiger partial charge >= 0.3 is 0 Å². The Morgan fingerprint density at radius 3 is 1.52 bits per heavy atom. The number of aliphatic hydroxyl groups is 4. The summed E-state index contributed by atoms with van der Waals surface area (Å²) in [6.45, 7) is -0.979. The molecule has 25 heavy (non-hydrogen) atoms. The predicted molar refractivity (Wildman–Crippen MR) is 93.2 cm³/mol. The summed E-state index contributed by atoms with van der Waals surface area (Å²) in [7, 11) is 0. The molecule has 0 saturated heterocycles. The first-order valence-electron chi connectivity index (χ1n) is 8.87. The van der Waals surface area contributed by atoms with Gasteiger partial charge in [0.25, 0.3) is 0 Å². The fourth-order valence-corrected chi connectivity index (χ4v) is 4.01. The number of aliphatic hydroxyl groups excluding tert-OH is 4. The summed E-state index contributed by atoms with van der Waals surface area (Å²) in [6, 6.07) is 0. The lowest BCUT2D eigenvalue weighted by Gasteiger charge is -2.49. The lowest BCUT2D eigenvalue weighted by molar-refractivity contribution is -0.144. The highest BCUT2D eigenvalue weighted by molar-refractivity contribution is 5.82. The molecule has 2 amide bonds. The molecule has 0 aliphatic carbocycles. The van der Waals surface area contributed by atoms with Gasteiger partial charge in [0, 0.05) is 32.8 Å². The van der Waals surface area contributed by atoms with Crippen molar-refractivity contribution < 1.29 is 30.0 Å². The summed E-state index contributed by atoms with van der Waals surface area (Å²) >= 11 is 0. The zero-order valence-corrected chi connectivity index (χ0v) is 15.0. The summed E-state index contributed by atoms with van der Waals surface area (Å²) in [5.41, 5.74) is 8.75. The standard InChI is InChI=1S/C17H34N2O6/c18-14(24)4-2-1-3-5-16(6-10-20,7-11-21)17(8-12-22,9-13-23)15(19)25/h20-23H,1-13H2,(H2,18,24)(H2,19,25). The maximum absolute atomic E-state index is 12.4. The van der Waals surface area contributed by atoms with Crippen molar-refractivity contribution in [2.24, 2.45) is 22.3 Å². The van der Waals surface area contributed by atoms with Crippen LogP contribution in [0, 0.1) is 10.8 Å². The number of amides is 2. The third kappa shape index (κ3) is 6.54. The Kier molecular flexibility index (Phi) is 11.6. The van der Waals surface area contributed by atoms with Gasteiger partial charge in [-0.3, -0.25) is 9.59 Å². The molecule has 0 aliphatic rings. The Hall–Kier alpha value is -1.22. The number of rotatable bonds is 16. The maximum Gasteiger partial charge on any atom is 0.224 e. The smallest absolute Gasteiger partial charge is 0.224 e. The summed E-state index contributed by atoms with van der Waals surface area (Å²) in [6.07, 6.45) is 3.31. The molecular weight excluding hydrogens is 328 g/mol. The SMILES string of the molecule is NC(=O)CCCCCC(CCO)(CCO)C(CCO)(CCO)C(N)=O. The van der Waals surface area contributed by atoms with Gasteiger partial charge in [-0.2, -0.15) is 0 Å². The van der Waals surface area contributed by atoms with Crippen molar-refractivity contribution in [2.45, 2.75) is 57.8 Å². The minimum Gasteiger partial charge on any atom is -0.396 e. The highest BCUT2D eigenvalue weighted by Gasteiger charge is 2.53. The molecule has 0 aromatic rings. The second-order valence-electron chi connectivity index (χ2n) is 6.65. The second kappa shape index (κ2) is 12.2. The molecule has 0 unspecified atom stereocenters. The average Bonchev–Trinajstić information content (AvgIpc) is 2.53. The molecule has 0 radical (unpaired) electrons. The number of unbranched alkanes of at least 4 members (excludes halogenated alkanes) is 2. The van der Waals surface area contributed by atoms with Crippen LogP contribution in [0.25, 0.3) is 0 Å². The van der Waals surface area contributed by atoms with Crippen molar-refractivity contribution in [3.8, 4) is 0 Å². The van der Waals surface area contributed by atoms with Gasteiger partial charge in [0.05, 0.1) is 5.41 Å².